The number of hydrogen-bond acceptors (Lipinski definition) is 7. The van der Waals surface area contributed by atoms with Crippen molar-refractivity contribution in [2.24, 2.45) is 0 Å². The average molecular weight is 458 g/mol. The summed E-state index contributed by atoms with van der Waals surface area (Å²) < 4.78 is 38.4. The summed E-state index contributed by atoms with van der Waals surface area (Å²) in [6.45, 7) is 1.67. The van der Waals surface area contributed by atoms with Gasteiger partial charge in [-0.05, 0) is 42.5 Å². The number of nitrogens with one attached hydrogen (secondary N) is 1. The van der Waals surface area contributed by atoms with E-state index >= 15 is 0 Å². The van der Waals surface area contributed by atoms with Crippen LogP contribution in [-0.2, 0) is 21.3 Å². The Hall–Kier alpha value is -3.28. The molecule has 1 N–H and O–H groups in total. The van der Waals surface area contributed by atoms with Crippen LogP contribution in [0, 0.1) is 0 Å². The molecule has 4 rings (SSSR count). The molecule has 1 fully saturated rings. The van der Waals surface area contributed by atoms with Crippen molar-refractivity contribution in [3.8, 4) is 11.5 Å². The summed E-state index contributed by atoms with van der Waals surface area (Å²) in [4.78, 5) is 24.6. The molecule has 1 aliphatic heterocycles. The van der Waals surface area contributed by atoms with Gasteiger partial charge in [-0.3, -0.25) is 9.59 Å². The number of sulfonamides is 1. The van der Waals surface area contributed by atoms with Crippen LogP contribution in [0.25, 0.3) is 11.5 Å². The minimum Gasteiger partial charge on any atom is -0.463 e. The van der Waals surface area contributed by atoms with Crippen LogP contribution in [0.5, 0.6) is 0 Å². The van der Waals surface area contributed by atoms with Crippen molar-refractivity contribution in [1.82, 2.24) is 19.4 Å². The molecule has 1 saturated heterocycles. The molecule has 0 saturated carbocycles. The monoisotopic (exact) mass is 458 g/mol. The van der Waals surface area contributed by atoms with E-state index in [1.807, 2.05) is 0 Å². The Morgan fingerprint density at radius 2 is 1.81 bits per heavy atom. The molecule has 1 aliphatic rings. The summed E-state index contributed by atoms with van der Waals surface area (Å²) in [6, 6.07) is 12.2. The Morgan fingerprint density at radius 3 is 2.50 bits per heavy atom. The quantitative estimate of drug-likeness (QED) is 0.559. The Balaban J connectivity index is 1.37. The zero-order valence-electron chi connectivity index (χ0n) is 17.1. The Morgan fingerprint density at radius 1 is 1.06 bits per heavy atom. The molecule has 0 radical (unpaired) electrons. The van der Waals surface area contributed by atoms with Crippen LogP contribution in [0.15, 0.2) is 68.9 Å². The summed E-state index contributed by atoms with van der Waals surface area (Å²) in [7, 11) is -3.62. The van der Waals surface area contributed by atoms with Crippen molar-refractivity contribution in [3.05, 3.63) is 70.7 Å². The zero-order valence-corrected chi connectivity index (χ0v) is 18.0. The van der Waals surface area contributed by atoms with E-state index in [1.54, 1.807) is 18.2 Å². The molecule has 32 heavy (non-hydrogen) atoms. The molecule has 0 atom stereocenters. The Kier molecular flexibility index (Phi) is 6.49. The number of rotatable bonds is 7. The van der Waals surface area contributed by atoms with E-state index < -0.39 is 10.0 Å². The molecule has 11 heteroatoms. The van der Waals surface area contributed by atoms with Gasteiger partial charge in [0.1, 0.15) is 5.69 Å². The van der Waals surface area contributed by atoms with Crippen LogP contribution in [0.4, 0.5) is 0 Å². The first kappa shape index (κ1) is 21.9. The normalized spacial score (nSPS) is 14.9. The number of ether oxygens (including phenoxy) is 1. The zero-order chi connectivity index (χ0) is 22.6. The lowest BCUT2D eigenvalue weighted by Gasteiger charge is -2.26. The molecule has 168 valence electrons. The van der Waals surface area contributed by atoms with Crippen LogP contribution in [0.3, 0.4) is 0 Å². The third-order valence-electron chi connectivity index (χ3n) is 4.97. The van der Waals surface area contributed by atoms with E-state index in [9.17, 15) is 18.0 Å². The van der Waals surface area contributed by atoms with Gasteiger partial charge in [-0.15, -0.1) is 0 Å². The average Bonchev–Trinajstić information content (AvgIpc) is 3.36. The van der Waals surface area contributed by atoms with Gasteiger partial charge in [0.2, 0.25) is 10.0 Å². The van der Waals surface area contributed by atoms with Crippen molar-refractivity contribution in [2.45, 2.75) is 11.4 Å². The second kappa shape index (κ2) is 9.47. The van der Waals surface area contributed by atoms with Gasteiger partial charge >= 0.3 is 0 Å². The largest absolute Gasteiger partial charge is 0.463 e. The van der Waals surface area contributed by atoms with Crippen LogP contribution in [-0.4, -0.2) is 61.3 Å². The van der Waals surface area contributed by atoms with Crippen molar-refractivity contribution < 1.29 is 22.4 Å². The number of furan rings is 1. The van der Waals surface area contributed by atoms with Gasteiger partial charge in [-0.2, -0.15) is 9.40 Å². The van der Waals surface area contributed by atoms with E-state index in [0.717, 1.165) is 0 Å². The van der Waals surface area contributed by atoms with Gasteiger partial charge in [0.25, 0.3) is 11.5 Å². The second-order valence-corrected chi connectivity index (χ2v) is 8.99. The first-order valence-corrected chi connectivity index (χ1v) is 11.5. The fourth-order valence-corrected chi connectivity index (χ4v) is 4.66. The van der Waals surface area contributed by atoms with Crippen LogP contribution < -0.4 is 10.9 Å². The number of nitrogens with zero attached hydrogens (tertiary/aromatic N) is 3. The highest BCUT2D eigenvalue weighted by Crippen LogP contribution is 2.18. The van der Waals surface area contributed by atoms with Crippen LogP contribution >= 0.6 is 0 Å². The molecule has 1 amide bonds. The van der Waals surface area contributed by atoms with Gasteiger partial charge < -0.3 is 14.5 Å². The minimum absolute atomic E-state index is 0.126. The lowest BCUT2D eigenvalue weighted by Crippen LogP contribution is -2.40. The second-order valence-electron chi connectivity index (χ2n) is 7.05. The van der Waals surface area contributed by atoms with Crippen LogP contribution in [0.1, 0.15) is 10.4 Å². The first-order valence-electron chi connectivity index (χ1n) is 10.0. The highest BCUT2D eigenvalue weighted by molar-refractivity contribution is 7.89. The minimum atomic E-state index is -3.62. The fourth-order valence-electron chi connectivity index (χ4n) is 3.26. The number of morpholine rings is 1. The van der Waals surface area contributed by atoms with E-state index in [-0.39, 0.29) is 29.5 Å². The standard InChI is InChI=1S/C21H22N4O6S/c26-20-8-7-18(19-2-1-13-31-19)23-25(20)10-9-22-21(27)16-3-5-17(6-4-16)32(28,29)24-11-14-30-15-12-24/h1-8,13H,9-12,14-15H2,(H,22,27). The molecule has 0 spiro atoms. The summed E-state index contributed by atoms with van der Waals surface area (Å²) in [5.41, 5.74) is 0.529. The van der Waals surface area contributed by atoms with E-state index in [1.165, 1.54) is 45.6 Å². The number of aromatic nitrogens is 2. The molecule has 0 bridgehead atoms. The van der Waals surface area contributed by atoms with E-state index in [4.69, 9.17) is 9.15 Å². The SMILES string of the molecule is O=C(NCCn1nc(-c2ccco2)ccc1=O)c1ccc(S(=O)(=O)N2CCOCC2)cc1. The smallest absolute Gasteiger partial charge is 0.266 e. The number of hydrogen-bond donors (Lipinski definition) is 1. The molecule has 0 aliphatic carbocycles. The maximum Gasteiger partial charge on any atom is 0.266 e. The van der Waals surface area contributed by atoms with E-state index in [2.05, 4.69) is 10.4 Å². The maximum atomic E-state index is 12.7. The number of carbonyl (C=O) groups is 1. The molecule has 1 aromatic carbocycles. The Labute approximate surface area is 184 Å². The summed E-state index contributed by atoms with van der Waals surface area (Å²) in [6.07, 6.45) is 1.52. The number of carbonyl (C=O) groups excluding carboxylic acids is 1. The fraction of sp³-hybridized carbons (Fsp3) is 0.286. The predicted octanol–water partition coefficient (Wildman–Crippen LogP) is 0.954. The topological polar surface area (TPSA) is 124 Å². The van der Waals surface area contributed by atoms with Gasteiger partial charge in [-0.25, -0.2) is 13.1 Å². The third-order valence-corrected chi connectivity index (χ3v) is 6.89. The van der Waals surface area contributed by atoms with Gasteiger partial charge in [0.15, 0.2) is 5.76 Å². The molecule has 2 aromatic heterocycles. The summed E-state index contributed by atoms with van der Waals surface area (Å²) in [5.74, 6) is 0.158. The maximum absolute atomic E-state index is 12.7. The number of benzene rings is 1. The summed E-state index contributed by atoms with van der Waals surface area (Å²) in [5, 5.41) is 6.96. The Bertz CT molecular complexity index is 1230. The molecular formula is C21H22N4O6S. The van der Waals surface area contributed by atoms with Crippen LogP contribution in [0.2, 0.25) is 0 Å². The van der Waals surface area contributed by atoms with Crippen molar-refractivity contribution in [1.29, 1.82) is 0 Å². The van der Waals surface area contributed by atoms with Gasteiger partial charge in [0, 0.05) is 31.3 Å². The highest BCUT2D eigenvalue weighted by atomic mass is 32.2. The third kappa shape index (κ3) is 4.79. The highest BCUT2D eigenvalue weighted by Gasteiger charge is 2.26. The lowest BCUT2D eigenvalue weighted by atomic mass is 10.2. The molecule has 10 nitrogen and oxygen atoms in total. The predicted molar refractivity (Wildman–Crippen MR) is 115 cm³/mol. The molecule has 3 heterocycles. The molecule has 3 aromatic rings. The molecule has 0 unspecified atom stereocenters. The van der Waals surface area contributed by atoms with E-state index in [0.29, 0.717) is 43.3 Å². The van der Waals surface area contributed by atoms with Crippen molar-refractivity contribution in [2.75, 3.05) is 32.8 Å². The van der Waals surface area contributed by atoms with Crippen molar-refractivity contribution >= 4 is 15.9 Å². The summed E-state index contributed by atoms with van der Waals surface area (Å²) >= 11 is 0. The molecular weight excluding hydrogens is 436 g/mol. The first-order chi connectivity index (χ1) is 15.4. The number of amides is 1. The van der Waals surface area contributed by atoms with Gasteiger partial charge in [0.05, 0.1) is 30.9 Å². The van der Waals surface area contributed by atoms with Gasteiger partial charge in [-0.1, -0.05) is 0 Å². The lowest BCUT2D eigenvalue weighted by molar-refractivity contribution is 0.0730. The van der Waals surface area contributed by atoms with Crippen molar-refractivity contribution in [3.63, 3.8) is 0 Å².